The number of benzene rings is 2. The van der Waals surface area contributed by atoms with Crippen LogP contribution in [0.25, 0.3) is 5.69 Å². The predicted molar refractivity (Wildman–Crippen MR) is 130 cm³/mol. The lowest BCUT2D eigenvalue weighted by Crippen LogP contribution is -2.50. The van der Waals surface area contributed by atoms with Gasteiger partial charge in [0, 0.05) is 30.9 Å². The van der Waals surface area contributed by atoms with E-state index in [1.54, 1.807) is 37.0 Å². The molecule has 10 nitrogen and oxygen atoms in total. The third-order valence-electron chi connectivity index (χ3n) is 6.93. The van der Waals surface area contributed by atoms with Crippen molar-refractivity contribution in [3.63, 3.8) is 0 Å². The highest BCUT2D eigenvalue weighted by atomic mass is 16.5. The van der Waals surface area contributed by atoms with Gasteiger partial charge in [-0.3, -0.25) is 18.7 Å². The molecule has 176 valence electrons. The first-order valence-corrected chi connectivity index (χ1v) is 11.0. The maximum atomic E-state index is 14.0. The minimum atomic E-state index is -1.54. The van der Waals surface area contributed by atoms with Crippen molar-refractivity contribution in [3.05, 3.63) is 91.8 Å². The second-order valence-electron chi connectivity index (χ2n) is 8.73. The van der Waals surface area contributed by atoms with Gasteiger partial charge in [0.25, 0.3) is 5.56 Å². The highest BCUT2D eigenvalue weighted by Gasteiger charge is 2.58. The van der Waals surface area contributed by atoms with Crippen LogP contribution in [0.5, 0.6) is 5.75 Å². The van der Waals surface area contributed by atoms with E-state index in [9.17, 15) is 14.4 Å². The van der Waals surface area contributed by atoms with Crippen LogP contribution in [0.2, 0.25) is 0 Å². The summed E-state index contributed by atoms with van der Waals surface area (Å²) in [6, 6.07) is 14.7. The molecule has 4 heterocycles. The number of anilines is 3. The molecule has 2 aliphatic rings. The SMILES string of the molecule is COc1ccc2c(c1)C1(C(=O)N2)c2c(C)nn(-c3ccccc3)c2Nc2c1c(=O)n(C)c(=O)n2C. The van der Waals surface area contributed by atoms with Gasteiger partial charge in [-0.05, 0) is 37.3 Å². The van der Waals surface area contributed by atoms with Gasteiger partial charge >= 0.3 is 5.69 Å². The Morgan fingerprint density at radius 1 is 0.914 bits per heavy atom. The van der Waals surface area contributed by atoms with Crippen molar-refractivity contribution < 1.29 is 9.53 Å². The fourth-order valence-electron chi connectivity index (χ4n) is 5.32. The van der Waals surface area contributed by atoms with Crippen LogP contribution in [-0.2, 0) is 24.3 Å². The van der Waals surface area contributed by atoms with E-state index in [0.29, 0.717) is 34.1 Å². The van der Waals surface area contributed by atoms with E-state index in [-0.39, 0.29) is 11.4 Å². The second kappa shape index (κ2) is 6.95. The van der Waals surface area contributed by atoms with Crippen molar-refractivity contribution in [2.24, 2.45) is 14.1 Å². The number of fused-ring (bicyclic) bond motifs is 6. The molecule has 10 heteroatoms. The maximum absolute atomic E-state index is 14.0. The summed E-state index contributed by atoms with van der Waals surface area (Å²) in [7, 11) is 4.53. The minimum Gasteiger partial charge on any atom is -0.497 e. The molecule has 2 aromatic heterocycles. The summed E-state index contributed by atoms with van der Waals surface area (Å²) in [6.07, 6.45) is 0. The van der Waals surface area contributed by atoms with E-state index in [1.165, 1.54) is 11.6 Å². The number of ether oxygens (including phenoxy) is 1. The van der Waals surface area contributed by atoms with Gasteiger partial charge < -0.3 is 15.4 Å². The van der Waals surface area contributed by atoms with Crippen LogP contribution in [0.15, 0.2) is 58.1 Å². The monoisotopic (exact) mass is 470 g/mol. The number of para-hydroxylation sites is 1. The molecule has 4 aromatic rings. The molecular formula is C25H22N6O4. The Morgan fingerprint density at radius 3 is 2.37 bits per heavy atom. The van der Waals surface area contributed by atoms with Crippen LogP contribution in [-0.4, -0.2) is 31.9 Å². The lowest BCUT2D eigenvalue weighted by Gasteiger charge is -2.35. The normalized spacial score (nSPS) is 17.4. The summed E-state index contributed by atoms with van der Waals surface area (Å²) in [6.45, 7) is 1.81. The fourth-order valence-corrected chi connectivity index (χ4v) is 5.32. The number of methoxy groups -OCH3 is 1. The maximum Gasteiger partial charge on any atom is 0.332 e. The van der Waals surface area contributed by atoms with Gasteiger partial charge in [0.2, 0.25) is 5.91 Å². The number of carbonyl (C=O) groups excluding carboxylic acids is 1. The van der Waals surface area contributed by atoms with Gasteiger partial charge in [0.1, 0.15) is 22.8 Å². The van der Waals surface area contributed by atoms with Crippen molar-refractivity contribution in [2.45, 2.75) is 12.3 Å². The highest BCUT2D eigenvalue weighted by Crippen LogP contribution is 2.55. The minimum absolute atomic E-state index is 0.162. The summed E-state index contributed by atoms with van der Waals surface area (Å²) >= 11 is 0. The lowest BCUT2D eigenvalue weighted by molar-refractivity contribution is -0.118. The number of aromatic nitrogens is 4. The molecular weight excluding hydrogens is 448 g/mol. The van der Waals surface area contributed by atoms with Crippen LogP contribution in [0.3, 0.4) is 0 Å². The van der Waals surface area contributed by atoms with Gasteiger partial charge in [-0.1, -0.05) is 18.2 Å². The Bertz CT molecular complexity index is 1680. The predicted octanol–water partition coefficient (Wildman–Crippen LogP) is 1.93. The molecule has 0 saturated carbocycles. The summed E-state index contributed by atoms with van der Waals surface area (Å²) in [4.78, 5) is 40.7. The van der Waals surface area contributed by atoms with Gasteiger partial charge in [0.15, 0.2) is 0 Å². The van der Waals surface area contributed by atoms with Crippen molar-refractivity contribution in [2.75, 3.05) is 17.7 Å². The van der Waals surface area contributed by atoms with Gasteiger partial charge in [-0.2, -0.15) is 5.10 Å². The summed E-state index contributed by atoms with van der Waals surface area (Å²) in [5.74, 6) is 0.899. The number of nitrogens with one attached hydrogen (secondary N) is 2. The summed E-state index contributed by atoms with van der Waals surface area (Å²) < 4.78 is 9.54. The molecule has 1 spiro atoms. The topological polar surface area (TPSA) is 112 Å². The van der Waals surface area contributed by atoms with Crippen LogP contribution < -0.4 is 26.6 Å². The van der Waals surface area contributed by atoms with Crippen molar-refractivity contribution in [3.8, 4) is 11.4 Å². The molecule has 2 aromatic carbocycles. The first kappa shape index (κ1) is 21.0. The van der Waals surface area contributed by atoms with Gasteiger partial charge in [0.05, 0.1) is 24.1 Å². The van der Waals surface area contributed by atoms with E-state index >= 15 is 0 Å². The average Bonchev–Trinajstić information content (AvgIpc) is 3.35. The standard InChI is InChI=1S/C25H22N6O4/c1-13-18-21(31(28-13)14-8-6-5-7-9-14)27-20-19(22(32)30(3)24(34)29(20)2)25(18)16-12-15(35-4)10-11-17(16)26-23(25)33/h5-12,27H,1-4H3,(H,26,33). The molecule has 1 atom stereocenters. The molecule has 0 fully saturated rings. The average molecular weight is 470 g/mol. The Morgan fingerprint density at radius 2 is 1.66 bits per heavy atom. The smallest absolute Gasteiger partial charge is 0.332 e. The van der Waals surface area contributed by atoms with E-state index in [1.807, 2.05) is 37.3 Å². The number of hydrogen-bond donors (Lipinski definition) is 2. The van der Waals surface area contributed by atoms with E-state index in [4.69, 9.17) is 9.84 Å². The summed E-state index contributed by atoms with van der Waals surface area (Å²) in [5, 5.41) is 11.0. The molecule has 2 aliphatic heterocycles. The van der Waals surface area contributed by atoms with Crippen molar-refractivity contribution in [1.82, 2.24) is 18.9 Å². The Labute approximate surface area is 199 Å². The molecule has 1 amide bonds. The zero-order valence-corrected chi connectivity index (χ0v) is 19.5. The molecule has 0 aliphatic carbocycles. The second-order valence-corrected chi connectivity index (χ2v) is 8.73. The third-order valence-corrected chi connectivity index (χ3v) is 6.93. The third kappa shape index (κ3) is 2.48. The van der Waals surface area contributed by atoms with Crippen molar-refractivity contribution in [1.29, 1.82) is 0 Å². The Balaban J connectivity index is 1.83. The molecule has 0 radical (unpaired) electrons. The van der Waals surface area contributed by atoms with Crippen LogP contribution in [0.4, 0.5) is 17.3 Å². The number of amides is 1. The lowest BCUT2D eigenvalue weighted by atomic mass is 9.68. The number of rotatable bonds is 2. The number of carbonyl (C=O) groups is 1. The first-order chi connectivity index (χ1) is 16.8. The molecule has 6 rings (SSSR count). The molecule has 35 heavy (non-hydrogen) atoms. The Hall–Kier alpha value is -4.60. The zero-order chi connectivity index (χ0) is 24.6. The molecule has 0 bridgehead atoms. The van der Waals surface area contributed by atoms with Gasteiger partial charge in [-0.25, -0.2) is 9.48 Å². The molecule has 0 saturated heterocycles. The highest BCUT2D eigenvalue weighted by molar-refractivity contribution is 6.14. The number of hydrogen-bond acceptors (Lipinski definition) is 6. The molecule has 2 N–H and O–H groups in total. The summed E-state index contributed by atoms with van der Waals surface area (Å²) in [5.41, 5.74) is 0.575. The van der Waals surface area contributed by atoms with Crippen LogP contribution >= 0.6 is 0 Å². The first-order valence-electron chi connectivity index (χ1n) is 11.0. The van der Waals surface area contributed by atoms with E-state index < -0.39 is 22.6 Å². The quantitative estimate of drug-likeness (QED) is 0.463. The fraction of sp³-hybridized carbons (Fsp3) is 0.200. The largest absolute Gasteiger partial charge is 0.497 e. The van der Waals surface area contributed by atoms with Crippen LogP contribution in [0, 0.1) is 6.92 Å². The van der Waals surface area contributed by atoms with E-state index in [2.05, 4.69) is 10.6 Å². The van der Waals surface area contributed by atoms with E-state index in [0.717, 1.165) is 10.3 Å². The zero-order valence-electron chi connectivity index (χ0n) is 19.5. The van der Waals surface area contributed by atoms with Crippen LogP contribution in [0.1, 0.15) is 22.4 Å². The van der Waals surface area contributed by atoms with Crippen molar-refractivity contribution >= 4 is 23.2 Å². The van der Waals surface area contributed by atoms with Gasteiger partial charge in [-0.15, -0.1) is 0 Å². The Kier molecular flexibility index (Phi) is 4.17. The number of aryl methyl sites for hydroxylation is 1. The number of nitrogens with zero attached hydrogens (tertiary/aromatic N) is 4. The molecule has 1 unspecified atom stereocenters.